The summed E-state index contributed by atoms with van der Waals surface area (Å²) in [5, 5.41) is 17.4. The first-order valence-electron chi connectivity index (χ1n) is 4.71. The minimum absolute atomic E-state index is 0.188. The average Bonchev–Trinajstić information content (AvgIpc) is 2.02. The summed E-state index contributed by atoms with van der Waals surface area (Å²) in [4.78, 5) is 0. The molecule has 0 aliphatic heterocycles. The lowest BCUT2D eigenvalue weighted by Crippen LogP contribution is -1.96. The first kappa shape index (κ1) is 11.7. The maximum Gasteiger partial charge on any atom is 0.0515 e. The summed E-state index contributed by atoms with van der Waals surface area (Å²) in [5.41, 5.74) is 0. The minimum atomic E-state index is -0.188. The zero-order chi connectivity index (χ0) is 9.23. The van der Waals surface area contributed by atoms with E-state index in [0.29, 0.717) is 6.61 Å². The summed E-state index contributed by atoms with van der Waals surface area (Å²) in [6, 6.07) is 0. The lowest BCUT2D eigenvalue weighted by Gasteiger charge is -1.98. The van der Waals surface area contributed by atoms with Crippen molar-refractivity contribution in [2.24, 2.45) is 0 Å². The van der Waals surface area contributed by atoms with Crippen LogP contribution < -0.4 is 0 Å². The maximum atomic E-state index is 8.93. The molecule has 0 unspecified atom stereocenters. The van der Waals surface area contributed by atoms with Gasteiger partial charge in [-0.25, -0.2) is 0 Å². The molecular weight excluding hydrogens is 152 g/mol. The molecule has 0 heterocycles. The smallest absolute Gasteiger partial charge is 0.0515 e. The number of aliphatic hydroxyl groups excluding tert-OH is 2. The van der Waals surface area contributed by atoms with Crippen molar-refractivity contribution in [3.63, 3.8) is 0 Å². The topological polar surface area (TPSA) is 40.5 Å². The Hall–Kier alpha value is -0.340. The maximum absolute atomic E-state index is 8.93. The van der Waals surface area contributed by atoms with Crippen molar-refractivity contribution in [3.05, 3.63) is 12.2 Å². The van der Waals surface area contributed by atoms with E-state index in [4.69, 9.17) is 10.2 Å². The van der Waals surface area contributed by atoms with Crippen LogP contribution in [0, 0.1) is 0 Å². The fourth-order valence-corrected chi connectivity index (χ4v) is 0.947. The fraction of sp³-hybridized carbons (Fsp3) is 0.800. The summed E-state index contributed by atoms with van der Waals surface area (Å²) in [6.07, 6.45) is 8.82. The third-order valence-electron chi connectivity index (χ3n) is 1.70. The Kier molecular flexibility index (Phi) is 8.51. The summed E-state index contributed by atoms with van der Waals surface area (Å²) in [6.45, 7) is 2.10. The normalized spacial score (nSPS) is 13.9. The minimum Gasteiger partial charge on any atom is -0.396 e. The fourth-order valence-electron chi connectivity index (χ4n) is 0.947. The van der Waals surface area contributed by atoms with Crippen molar-refractivity contribution >= 4 is 0 Å². The van der Waals surface area contributed by atoms with Gasteiger partial charge in [-0.1, -0.05) is 12.2 Å². The lowest BCUT2D eigenvalue weighted by atomic mass is 10.2. The third-order valence-corrected chi connectivity index (χ3v) is 1.70. The van der Waals surface area contributed by atoms with Crippen LogP contribution in [0.4, 0.5) is 0 Å². The SMILES string of the molecule is C[C@H](O)CC/C=C\CCCCO. The van der Waals surface area contributed by atoms with Gasteiger partial charge in [0.05, 0.1) is 6.10 Å². The Labute approximate surface area is 74.9 Å². The van der Waals surface area contributed by atoms with Gasteiger partial charge in [0, 0.05) is 6.61 Å². The van der Waals surface area contributed by atoms with Gasteiger partial charge in [0.2, 0.25) is 0 Å². The van der Waals surface area contributed by atoms with E-state index in [9.17, 15) is 0 Å². The van der Waals surface area contributed by atoms with Crippen LogP contribution in [0.25, 0.3) is 0 Å². The molecule has 0 aromatic rings. The van der Waals surface area contributed by atoms with Crippen LogP contribution in [0.15, 0.2) is 12.2 Å². The van der Waals surface area contributed by atoms with Crippen LogP contribution in [0.3, 0.4) is 0 Å². The van der Waals surface area contributed by atoms with Gasteiger partial charge in [0.1, 0.15) is 0 Å². The average molecular weight is 172 g/mol. The molecule has 0 fully saturated rings. The highest BCUT2D eigenvalue weighted by Gasteiger charge is 1.90. The second-order valence-corrected chi connectivity index (χ2v) is 3.12. The Bertz CT molecular complexity index is 108. The Balaban J connectivity index is 3.04. The van der Waals surface area contributed by atoms with E-state index in [0.717, 1.165) is 32.1 Å². The van der Waals surface area contributed by atoms with Crippen LogP contribution in [-0.2, 0) is 0 Å². The third kappa shape index (κ3) is 9.66. The zero-order valence-electron chi connectivity index (χ0n) is 7.87. The van der Waals surface area contributed by atoms with Crippen molar-refractivity contribution < 1.29 is 10.2 Å². The first-order valence-corrected chi connectivity index (χ1v) is 4.71. The van der Waals surface area contributed by atoms with Gasteiger partial charge >= 0.3 is 0 Å². The van der Waals surface area contributed by atoms with Crippen molar-refractivity contribution in [1.82, 2.24) is 0 Å². The van der Waals surface area contributed by atoms with Crippen LogP contribution in [0.5, 0.6) is 0 Å². The predicted molar refractivity (Wildman–Crippen MR) is 51.0 cm³/mol. The Morgan fingerprint density at radius 3 is 2.42 bits per heavy atom. The van der Waals surface area contributed by atoms with Gasteiger partial charge in [-0.15, -0.1) is 0 Å². The van der Waals surface area contributed by atoms with E-state index in [1.54, 1.807) is 6.92 Å². The Morgan fingerprint density at radius 2 is 1.83 bits per heavy atom. The van der Waals surface area contributed by atoms with Crippen LogP contribution in [0.2, 0.25) is 0 Å². The predicted octanol–water partition coefficient (Wildman–Crippen LogP) is 1.87. The number of hydrogen-bond acceptors (Lipinski definition) is 2. The molecule has 12 heavy (non-hydrogen) atoms. The molecule has 0 bridgehead atoms. The van der Waals surface area contributed by atoms with Crippen molar-refractivity contribution in [1.29, 1.82) is 0 Å². The van der Waals surface area contributed by atoms with E-state index < -0.39 is 0 Å². The van der Waals surface area contributed by atoms with Gasteiger partial charge in [-0.3, -0.25) is 0 Å². The molecule has 0 aromatic heterocycles. The molecule has 0 aromatic carbocycles. The van der Waals surface area contributed by atoms with E-state index in [1.165, 1.54) is 0 Å². The largest absolute Gasteiger partial charge is 0.396 e. The highest BCUT2D eigenvalue weighted by atomic mass is 16.3. The Morgan fingerprint density at radius 1 is 1.17 bits per heavy atom. The van der Waals surface area contributed by atoms with Crippen LogP contribution in [-0.4, -0.2) is 22.9 Å². The molecule has 0 saturated heterocycles. The lowest BCUT2D eigenvalue weighted by molar-refractivity contribution is 0.186. The molecule has 0 amide bonds. The number of allylic oxidation sites excluding steroid dienone is 2. The molecule has 2 N–H and O–H groups in total. The van der Waals surface area contributed by atoms with Gasteiger partial charge in [0.25, 0.3) is 0 Å². The highest BCUT2D eigenvalue weighted by molar-refractivity contribution is 4.81. The number of rotatable bonds is 7. The van der Waals surface area contributed by atoms with E-state index >= 15 is 0 Å². The number of hydrogen-bond donors (Lipinski definition) is 2. The summed E-state index contributed by atoms with van der Waals surface area (Å²) in [7, 11) is 0. The van der Waals surface area contributed by atoms with Crippen LogP contribution >= 0.6 is 0 Å². The molecular formula is C10H20O2. The van der Waals surface area contributed by atoms with Crippen molar-refractivity contribution in [2.75, 3.05) is 6.61 Å². The standard InChI is InChI=1S/C10H20O2/c1-10(12)8-6-4-2-3-5-7-9-11/h2,4,10-12H,3,5-9H2,1H3/b4-2-/t10-/m0/s1. The molecule has 0 aliphatic rings. The molecule has 0 spiro atoms. The monoisotopic (exact) mass is 172 g/mol. The van der Waals surface area contributed by atoms with Crippen LogP contribution in [0.1, 0.15) is 39.0 Å². The van der Waals surface area contributed by atoms with Gasteiger partial charge in [-0.05, 0) is 39.0 Å². The van der Waals surface area contributed by atoms with Crippen molar-refractivity contribution in [3.8, 4) is 0 Å². The van der Waals surface area contributed by atoms with E-state index in [1.807, 2.05) is 0 Å². The van der Waals surface area contributed by atoms with Crippen molar-refractivity contribution in [2.45, 2.75) is 45.1 Å². The molecule has 72 valence electrons. The van der Waals surface area contributed by atoms with Gasteiger partial charge in [0.15, 0.2) is 0 Å². The first-order chi connectivity index (χ1) is 5.77. The molecule has 1 atom stereocenters. The van der Waals surface area contributed by atoms with Gasteiger partial charge in [-0.2, -0.15) is 0 Å². The molecule has 0 rings (SSSR count). The second-order valence-electron chi connectivity index (χ2n) is 3.12. The number of unbranched alkanes of at least 4 members (excludes halogenated alkanes) is 2. The zero-order valence-corrected chi connectivity index (χ0v) is 7.87. The molecule has 0 aliphatic carbocycles. The molecule has 0 saturated carbocycles. The second kappa shape index (κ2) is 8.75. The molecule has 0 radical (unpaired) electrons. The molecule has 2 heteroatoms. The van der Waals surface area contributed by atoms with E-state index in [2.05, 4.69) is 12.2 Å². The number of aliphatic hydroxyl groups is 2. The summed E-state index contributed by atoms with van der Waals surface area (Å²) < 4.78 is 0. The highest BCUT2D eigenvalue weighted by Crippen LogP contribution is 2.00. The van der Waals surface area contributed by atoms with E-state index in [-0.39, 0.29) is 6.10 Å². The molecule has 2 nitrogen and oxygen atoms in total. The summed E-state index contributed by atoms with van der Waals surface area (Å²) >= 11 is 0. The summed E-state index contributed by atoms with van der Waals surface area (Å²) in [5.74, 6) is 0. The quantitative estimate of drug-likeness (QED) is 0.454. The van der Waals surface area contributed by atoms with Gasteiger partial charge < -0.3 is 10.2 Å².